The van der Waals surface area contributed by atoms with E-state index in [1.54, 1.807) is 18.0 Å². The maximum atomic E-state index is 6.09. The fraction of sp³-hybridized carbons (Fsp3) is 0.545. The first-order valence-electron chi connectivity index (χ1n) is 5.33. The van der Waals surface area contributed by atoms with E-state index < -0.39 is 0 Å². The molecule has 0 radical (unpaired) electrons. The van der Waals surface area contributed by atoms with Gasteiger partial charge < -0.3 is 10.1 Å². The Morgan fingerprint density at radius 1 is 1.62 bits per heavy atom. The summed E-state index contributed by atoms with van der Waals surface area (Å²) in [5, 5.41) is 5.31. The molecule has 2 unspecified atom stereocenters. The summed E-state index contributed by atoms with van der Waals surface area (Å²) in [5.74, 6) is 0. The molecule has 1 fully saturated rings. The zero-order chi connectivity index (χ0) is 11.4. The molecule has 1 aliphatic rings. The van der Waals surface area contributed by atoms with Crippen molar-refractivity contribution in [3.05, 3.63) is 23.4 Å². The summed E-state index contributed by atoms with van der Waals surface area (Å²) in [6, 6.07) is 4.19. The third kappa shape index (κ3) is 2.88. The van der Waals surface area contributed by atoms with E-state index in [0.717, 1.165) is 24.7 Å². The third-order valence-electron chi connectivity index (χ3n) is 2.66. The van der Waals surface area contributed by atoms with Gasteiger partial charge in [0.1, 0.15) is 5.03 Å². The molecule has 1 aromatic heterocycles. The predicted molar refractivity (Wildman–Crippen MR) is 67.2 cm³/mol. The Morgan fingerprint density at radius 3 is 3.25 bits per heavy atom. The van der Waals surface area contributed by atoms with Gasteiger partial charge in [-0.25, -0.2) is 4.98 Å². The van der Waals surface area contributed by atoms with Crippen LogP contribution in [0.2, 0.25) is 5.02 Å². The molecular formula is C11H15ClN2OS. The number of nitrogens with zero attached hydrogens (tertiary/aromatic N) is 1. The van der Waals surface area contributed by atoms with Gasteiger partial charge in [-0.2, -0.15) is 0 Å². The lowest BCUT2D eigenvalue weighted by Crippen LogP contribution is -2.43. The molecular weight excluding hydrogens is 244 g/mol. The van der Waals surface area contributed by atoms with Gasteiger partial charge in [-0.05, 0) is 25.6 Å². The van der Waals surface area contributed by atoms with Crippen molar-refractivity contribution in [2.75, 3.05) is 20.3 Å². The van der Waals surface area contributed by atoms with Gasteiger partial charge in [-0.15, -0.1) is 0 Å². The summed E-state index contributed by atoms with van der Waals surface area (Å²) in [6.07, 6.45) is 2.81. The molecule has 2 heterocycles. The van der Waals surface area contributed by atoms with E-state index in [2.05, 4.69) is 10.3 Å². The highest BCUT2D eigenvalue weighted by atomic mass is 35.5. The standard InChI is InChI=1S/C11H15ClN2OS/c1-13-9-4-6-15-7-10(9)16-11-8(12)3-2-5-14-11/h2-3,5,9-10,13H,4,6-7H2,1H3. The molecule has 0 aliphatic carbocycles. The van der Waals surface area contributed by atoms with E-state index in [1.165, 1.54) is 0 Å². The number of nitrogens with one attached hydrogen (secondary N) is 1. The van der Waals surface area contributed by atoms with Gasteiger partial charge in [-0.1, -0.05) is 23.4 Å². The Morgan fingerprint density at radius 2 is 2.50 bits per heavy atom. The summed E-state index contributed by atoms with van der Waals surface area (Å²) in [7, 11) is 1.99. The number of pyridine rings is 1. The van der Waals surface area contributed by atoms with Gasteiger partial charge in [0.15, 0.2) is 0 Å². The van der Waals surface area contributed by atoms with Crippen LogP contribution in [-0.2, 0) is 4.74 Å². The Kier molecular flexibility index (Phi) is 4.46. The van der Waals surface area contributed by atoms with Crippen LogP contribution in [0.15, 0.2) is 23.4 Å². The minimum Gasteiger partial charge on any atom is -0.380 e. The number of ether oxygens (including phenoxy) is 1. The van der Waals surface area contributed by atoms with Crippen molar-refractivity contribution in [3.8, 4) is 0 Å². The van der Waals surface area contributed by atoms with Gasteiger partial charge in [0.05, 0.1) is 11.6 Å². The molecule has 1 aliphatic heterocycles. The first-order valence-corrected chi connectivity index (χ1v) is 6.59. The molecule has 0 spiro atoms. The van der Waals surface area contributed by atoms with Crippen LogP contribution in [0.5, 0.6) is 0 Å². The van der Waals surface area contributed by atoms with E-state index in [9.17, 15) is 0 Å². The van der Waals surface area contributed by atoms with E-state index in [4.69, 9.17) is 16.3 Å². The molecule has 1 N–H and O–H groups in total. The number of halogens is 1. The second-order valence-electron chi connectivity index (χ2n) is 3.71. The summed E-state index contributed by atoms with van der Waals surface area (Å²) in [6.45, 7) is 1.58. The number of rotatable bonds is 3. The Labute approximate surface area is 105 Å². The van der Waals surface area contributed by atoms with Crippen LogP contribution in [-0.4, -0.2) is 36.5 Å². The molecule has 16 heavy (non-hydrogen) atoms. The van der Waals surface area contributed by atoms with Crippen molar-refractivity contribution in [1.29, 1.82) is 0 Å². The lowest BCUT2D eigenvalue weighted by Gasteiger charge is -2.30. The molecule has 1 saturated heterocycles. The van der Waals surface area contributed by atoms with E-state index in [-0.39, 0.29) is 0 Å². The molecule has 1 aromatic rings. The summed E-state index contributed by atoms with van der Waals surface area (Å²) in [4.78, 5) is 4.29. The second-order valence-corrected chi connectivity index (χ2v) is 5.34. The molecule has 0 aromatic carbocycles. The zero-order valence-corrected chi connectivity index (χ0v) is 10.7. The van der Waals surface area contributed by atoms with Crippen molar-refractivity contribution < 1.29 is 4.74 Å². The smallest absolute Gasteiger partial charge is 0.115 e. The van der Waals surface area contributed by atoms with Crippen LogP contribution < -0.4 is 5.32 Å². The minimum absolute atomic E-state index is 0.381. The highest BCUT2D eigenvalue weighted by molar-refractivity contribution is 8.00. The van der Waals surface area contributed by atoms with Crippen LogP contribution in [0.25, 0.3) is 0 Å². The highest BCUT2D eigenvalue weighted by Gasteiger charge is 2.26. The van der Waals surface area contributed by atoms with Crippen LogP contribution in [0.4, 0.5) is 0 Å². The lowest BCUT2D eigenvalue weighted by atomic mass is 10.1. The largest absolute Gasteiger partial charge is 0.380 e. The molecule has 3 nitrogen and oxygen atoms in total. The third-order valence-corrected chi connectivity index (χ3v) is 4.40. The van der Waals surface area contributed by atoms with Crippen molar-refractivity contribution in [3.63, 3.8) is 0 Å². The molecule has 0 saturated carbocycles. The normalized spacial score (nSPS) is 25.6. The summed E-state index contributed by atoms with van der Waals surface area (Å²) < 4.78 is 5.49. The van der Waals surface area contributed by atoms with Gasteiger partial charge in [-0.3, -0.25) is 0 Å². The number of aromatic nitrogens is 1. The van der Waals surface area contributed by atoms with Crippen LogP contribution in [0.3, 0.4) is 0 Å². The average Bonchev–Trinajstić information content (AvgIpc) is 2.33. The van der Waals surface area contributed by atoms with Gasteiger partial charge in [0.2, 0.25) is 0 Å². The topological polar surface area (TPSA) is 34.1 Å². The Balaban J connectivity index is 2.05. The van der Waals surface area contributed by atoms with Crippen molar-refractivity contribution in [2.24, 2.45) is 0 Å². The van der Waals surface area contributed by atoms with Crippen LogP contribution >= 0.6 is 23.4 Å². The molecule has 88 valence electrons. The van der Waals surface area contributed by atoms with Crippen LogP contribution in [0, 0.1) is 0 Å². The van der Waals surface area contributed by atoms with E-state index in [1.807, 2.05) is 19.2 Å². The van der Waals surface area contributed by atoms with E-state index >= 15 is 0 Å². The highest BCUT2D eigenvalue weighted by Crippen LogP contribution is 2.31. The van der Waals surface area contributed by atoms with E-state index in [0.29, 0.717) is 16.3 Å². The number of thioether (sulfide) groups is 1. The lowest BCUT2D eigenvalue weighted by molar-refractivity contribution is 0.0850. The van der Waals surface area contributed by atoms with Crippen LogP contribution in [0.1, 0.15) is 6.42 Å². The predicted octanol–water partition coefficient (Wildman–Crippen LogP) is 2.20. The second kappa shape index (κ2) is 5.87. The minimum atomic E-state index is 0.381. The molecule has 2 rings (SSSR count). The maximum absolute atomic E-state index is 6.09. The summed E-state index contributed by atoms with van der Waals surface area (Å²) in [5.41, 5.74) is 0. The molecule has 0 amide bonds. The Hall–Kier alpha value is -0.290. The van der Waals surface area contributed by atoms with Crippen molar-refractivity contribution in [2.45, 2.75) is 22.7 Å². The van der Waals surface area contributed by atoms with Crippen molar-refractivity contribution >= 4 is 23.4 Å². The quantitative estimate of drug-likeness (QED) is 0.902. The average molecular weight is 259 g/mol. The summed E-state index contributed by atoms with van der Waals surface area (Å²) >= 11 is 7.78. The fourth-order valence-electron chi connectivity index (χ4n) is 1.76. The first kappa shape index (κ1) is 12.2. The SMILES string of the molecule is CNC1CCOCC1Sc1ncccc1Cl. The first-order chi connectivity index (χ1) is 7.81. The molecule has 0 bridgehead atoms. The maximum Gasteiger partial charge on any atom is 0.115 e. The fourth-order valence-corrected chi connectivity index (χ4v) is 3.20. The zero-order valence-electron chi connectivity index (χ0n) is 9.15. The number of hydrogen-bond acceptors (Lipinski definition) is 4. The molecule has 2 atom stereocenters. The van der Waals surface area contributed by atoms with Gasteiger partial charge in [0, 0.05) is 24.1 Å². The van der Waals surface area contributed by atoms with Gasteiger partial charge >= 0.3 is 0 Å². The number of hydrogen-bond donors (Lipinski definition) is 1. The van der Waals surface area contributed by atoms with Crippen molar-refractivity contribution in [1.82, 2.24) is 10.3 Å². The monoisotopic (exact) mass is 258 g/mol. The molecule has 5 heteroatoms. The van der Waals surface area contributed by atoms with Gasteiger partial charge in [0.25, 0.3) is 0 Å². The Bertz CT molecular complexity index is 351.